The van der Waals surface area contributed by atoms with Crippen molar-refractivity contribution in [3.8, 4) is 10.4 Å². The molecule has 0 amide bonds. The Morgan fingerprint density at radius 2 is 2.00 bits per heavy atom. The Bertz CT molecular complexity index is 545. The van der Waals surface area contributed by atoms with E-state index >= 15 is 0 Å². The highest BCUT2D eigenvalue weighted by Gasteiger charge is 2.32. The number of halogens is 1. The third-order valence-corrected chi connectivity index (χ3v) is 4.68. The first-order valence-corrected chi connectivity index (χ1v) is 7.13. The average Bonchev–Trinajstić information content (AvgIpc) is 3.09. The van der Waals surface area contributed by atoms with Crippen molar-refractivity contribution in [2.75, 3.05) is 7.05 Å². The zero-order chi connectivity index (χ0) is 12.5. The van der Waals surface area contributed by atoms with E-state index in [1.807, 2.05) is 25.2 Å². The molecule has 1 saturated carbocycles. The third kappa shape index (κ3) is 2.20. The zero-order valence-corrected chi connectivity index (χ0v) is 11.1. The van der Waals surface area contributed by atoms with E-state index in [0.717, 1.165) is 10.8 Å². The van der Waals surface area contributed by atoms with Gasteiger partial charge in [0.25, 0.3) is 0 Å². The molecule has 0 spiro atoms. The van der Waals surface area contributed by atoms with Crippen molar-refractivity contribution in [2.45, 2.75) is 18.9 Å². The van der Waals surface area contributed by atoms with Crippen LogP contribution in [0.5, 0.6) is 0 Å². The summed E-state index contributed by atoms with van der Waals surface area (Å²) in [6, 6.07) is 11.6. The SMILES string of the molecule is CNC(c1ccc(-c2ccccc2F)s1)C1CC1. The lowest BCUT2D eigenvalue weighted by molar-refractivity contribution is 0.537. The molecule has 1 unspecified atom stereocenters. The van der Waals surface area contributed by atoms with E-state index in [4.69, 9.17) is 0 Å². The predicted molar refractivity (Wildman–Crippen MR) is 74.2 cm³/mol. The lowest BCUT2D eigenvalue weighted by atomic mass is 10.1. The quantitative estimate of drug-likeness (QED) is 0.868. The molecule has 3 heteroatoms. The predicted octanol–water partition coefficient (Wildman–Crippen LogP) is 4.22. The summed E-state index contributed by atoms with van der Waals surface area (Å²) in [5.41, 5.74) is 0.708. The molecule has 0 radical (unpaired) electrons. The monoisotopic (exact) mass is 261 g/mol. The van der Waals surface area contributed by atoms with Crippen molar-refractivity contribution in [2.24, 2.45) is 5.92 Å². The molecule has 1 heterocycles. The van der Waals surface area contributed by atoms with Gasteiger partial charge in [-0.1, -0.05) is 18.2 Å². The second kappa shape index (κ2) is 4.82. The molecule has 94 valence electrons. The molecule has 1 atom stereocenters. The first-order chi connectivity index (χ1) is 8.79. The van der Waals surface area contributed by atoms with E-state index in [1.165, 1.54) is 23.8 Å². The number of hydrogen-bond acceptors (Lipinski definition) is 2. The molecule has 1 fully saturated rings. The molecule has 2 aromatic rings. The Morgan fingerprint density at radius 3 is 2.67 bits per heavy atom. The molecule has 3 rings (SSSR count). The van der Waals surface area contributed by atoms with Crippen molar-refractivity contribution in [3.05, 3.63) is 47.1 Å². The molecule has 0 aliphatic heterocycles. The van der Waals surface area contributed by atoms with Gasteiger partial charge in [-0.25, -0.2) is 4.39 Å². The molecular weight excluding hydrogens is 245 g/mol. The van der Waals surface area contributed by atoms with Crippen LogP contribution >= 0.6 is 11.3 Å². The van der Waals surface area contributed by atoms with Crippen LogP contribution < -0.4 is 5.32 Å². The lowest BCUT2D eigenvalue weighted by Gasteiger charge is -2.12. The van der Waals surface area contributed by atoms with E-state index in [9.17, 15) is 4.39 Å². The zero-order valence-electron chi connectivity index (χ0n) is 10.3. The minimum Gasteiger partial charge on any atom is -0.312 e. The number of thiophene rings is 1. The molecule has 1 aliphatic rings. The molecule has 1 aromatic heterocycles. The summed E-state index contributed by atoms with van der Waals surface area (Å²) in [4.78, 5) is 2.34. The van der Waals surface area contributed by atoms with Crippen molar-refractivity contribution >= 4 is 11.3 Å². The summed E-state index contributed by atoms with van der Waals surface area (Å²) in [6.07, 6.45) is 2.61. The number of hydrogen-bond donors (Lipinski definition) is 1. The lowest BCUT2D eigenvalue weighted by Crippen LogP contribution is -2.16. The van der Waals surface area contributed by atoms with Crippen molar-refractivity contribution < 1.29 is 4.39 Å². The van der Waals surface area contributed by atoms with Gasteiger partial charge in [0.05, 0.1) is 0 Å². The fourth-order valence-electron chi connectivity index (χ4n) is 2.37. The minimum absolute atomic E-state index is 0.140. The van der Waals surface area contributed by atoms with Crippen molar-refractivity contribution in [1.29, 1.82) is 0 Å². The van der Waals surface area contributed by atoms with E-state index in [-0.39, 0.29) is 5.82 Å². The van der Waals surface area contributed by atoms with Gasteiger partial charge in [0.2, 0.25) is 0 Å². The van der Waals surface area contributed by atoms with Crippen LogP contribution in [0.2, 0.25) is 0 Å². The highest BCUT2D eigenvalue weighted by molar-refractivity contribution is 7.15. The van der Waals surface area contributed by atoms with E-state index in [2.05, 4.69) is 11.4 Å². The fourth-order valence-corrected chi connectivity index (χ4v) is 3.60. The van der Waals surface area contributed by atoms with Gasteiger partial charge < -0.3 is 5.32 Å². The van der Waals surface area contributed by atoms with E-state index in [1.54, 1.807) is 17.4 Å². The fraction of sp³-hybridized carbons (Fsp3) is 0.333. The summed E-state index contributed by atoms with van der Waals surface area (Å²) >= 11 is 1.70. The normalized spacial score (nSPS) is 16.8. The van der Waals surface area contributed by atoms with Crippen LogP contribution in [-0.2, 0) is 0 Å². The average molecular weight is 261 g/mol. The third-order valence-electron chi connectivity index (χ3n) is 3.48. The van der Waals surface area contributed by atoms with Gasteiger partial charge in [0.1, 0.15) is 5.82 Å². The van der Waals surface area contributed by atoms with Crippen LogP contribution in [0.4, 0.5) is 4.39 Å². The molecule has 0 saturated heterocycles. The van der Waals surface area contributed by atoms with E-state index < -0.39 is 0 Å². The molecule has 1 N–H and O–H groups in total. The minimum atomic E-state index is -0.140. The Kier molecular flexibility index (Phi) is 3.18. The van der Waals surface area contributed by atoms with Gasteiger partial charge >= 0.3 is 0 Å². The van der Waals surface area contributed by atoms with Crippen LogP contribution in [0, 0.1) is 11.7 Å². The summed E-state index contributed by atoms with van der Waals surface area (Å²) in [5.74, 6) is 0.625. The summed E-state index contributed by atoms with van der Waals surface area (Å²) < 4.78 is 13.7. The highest BCUT2D eigenvalue weighted by atomic mass is 32.1. The maximum Gasteiger partial charge on any atom is 0.131 e. The largest absolute Gasteiger partial charge is 0.312 e. The second-order valence-corrected chi connectivity index (χ2v) is 5.90. The van der Waals surface area contributed by atoms with Gasteiger partial charge in [-0.15, -0.1) is 11.3 Å². The van der Waals surface area contributed by atoms with Crippen LogP contribution in [0.15, 0.2) is 36.4 Å². The maximum atomic E-state index is 13.7. The van der Waals surface area contributed by atoms with Crippen LogP contribution in [0.1, 0.15) is 23.8 Å². The van der Waals surface area contributed by atoms with Crippen molar-refractivity contribution in [3.63, 3.8) is 0 Å². The molecule has 0 bridgehead atoms. The molecule has 1 aliphatic carbocycles. The van der Waals surface area contributed by atoms with Gasteiger partial charge in [-0.05, 0) is 44.0 Å². The standard InChI is InChI=1S/C15H16FNS/c1-17-15(10-6-7-10)14-9-8-13(18-14)11-4-2-3-5-12(11)16/h2-5,8-10,15,17H,6-7H2,1H3. The molecule has 1 nitrogen and oxygen atoms in total. The van der Waals surface area contributed by atoms with Crippen LogP contribution in [0.25, 0.3) is 10.4 Å². The Labute approximate surface area is 111 Å². The smallest absolute Gasteiger partial charge is 0.131 e. The van der Waals surface area contributed by atoms with Crippen LogP contribution in [0.3, 0.4) is 0 Å². The molecule has 18 heavy (non-hydrogen) atoms. The van der Waals surface area contributed by atoms with Crippen molar-refractivity contribution in [1.82, 2.24) is 5.32 Å². The first kappa shape index (κ1) is 11.9. The molecule has 1 aromatic carbocycles. The summed E-state index contributed by atoms with van der Waals surface area (Å²) in [5, 5.41) is 3.38. The number of rotatable bonds is 4. The molecular formula is C15H16FNS. The maximum absolute atomic E-state index is 13.7. The summed E-state index contributed by atoms with van der Waals surface area (Å²) in [7, 11) is 2.01. The highest BCUT2D eigenvalue weighted by Crippen LogP contribution is 2.44. The number of nitrogens with one attached hydrogen (secondary N) is 1. The van der Waals surface area contributed by atoms with Crippen LogP contribution in [-0.4, -0.2) is 7.05 Å². The number of benzene rings is 1. The van der Waals surface area contributed by atoms with Gasteiger partial charge in [-0.2, -0.15) is 0 Å². The summed E-state index contributed by atoms with van der Waals surface area (Å²) in [6.45, 7) is 0. The Balaban J connectivity index is 1.91. The first-order valence-electron chi connectivity index (χ1n) is 6.31. The Hall–Kier alpha value is -1.19. The van der Waals surface area contributed by atoms with Gasteiger partial charge in [0.15, 0.2) is 0 Å². The van der Waals surface area contributed by atoms with Gasteiger partial charge in [0, 0.05) is 21.4 Å². The Morgan fingerprint density at radius 1 is 1.22 bits per heavy atom. The van der Waals surface area contributed by atoms with Gasteiger partial charge in [-0.3, -0.25) is 0 Å². The van der Waals surface area contributed by atoms with E-state index in [0.29, 0.717) is 11.6 Å². The second-order valence-electron chi connectivity index (χ2n) is 4.79. The topological polar surface area (TPSA) is 12.0 Å².